The number of carbonyl (C=O) groups excluding carboxylic acids is 2. The van der Waals surface area contributed by atoms with Crippen LogP contribution in [0.4, 0.5) is 5.69 Å². The molecule has 2 amide bonds. The lowest BCUT2D eigenvalue weighted by Gasteiger charge is -2.30. The third-order valence-electron chi connectivity index (χ3n) is 5.14. The summed E-state index contributed by atoms with van der Waals surface area (Å²) >= 11 is 1.59. The van der Waals surface area contributed by atoms with Crippen molar-refractivity contribution in [2.45, 2.75) is 11.3 Å². The molecule has 0 aliphatic carbocycles. The van der Waals surface area contributed by atoms with Gasteiger partial charge in [-0.15, -0.1) is 11.8 Å². The van der Waals surface area contributed by atoms with E-state index >= 15 is 0 Å². The third kappa shape index (κ3) is 2.89. The van der Waals surface area contributed by atoms with Crippen molar-refractivity contribution in [3.05, 3.63) is 65.7 Å². The van der Waals surface area contributed by atoms with Gasteiger partial charge in [-0.05, 0) is 29.3 Å². The molecule has 0 bridgehead atoms. The van der Waals surface area contributed by atoms with E-state index < -0.39 is 5.92 Å². The van der Waals surface area contributed by atoms with E-state index in [9.17, 15) is 20.1 Å². The summed E-state index contributed by atoms with van der Waals surface area (Å²) in [5, 5.41) is 19.0. The molecule has 136 valence electrons. The van der Waals surface area contributed by atoms with Crippen LogP contribution in [0.15, 0.2) is 65.1 Å². The van der Waals surface area contributed by atoms with Crippen molar-refractivity contribution >= 4 is 34.8 Å². The van der Waals surface area contributed by atoms with Gasteiger partial charge in [-0.2, -0.15) is 10.5 Å². The van der Waals surface area contributed by atoms with Gasteiger partial charge in [0.15, 0.2) is 0 Å². The number of fused-ring (bicyclic) bond motifs is 1. The molecular weight excluding hydrogens is 370 g/mol. The first-order valence-corrected chi connectivity index (χ1v) is 9.82. The molecule has 1 fully saturated rings. The molecule has 2 aromatic rings. The molecule has 0 saturated carbocycles. The van der Waals surface area contributed by atoms with E-state index in [4.69, 9.17) is 0 Å². The first-order valence-electron chi connectivity index (χ1n) is 8.84. The lowest BCUT2D eigenvalue weighted by molar-refractivity contribution is -0.122. The number of hydrogen-bond donors (Lipinski definition) is 0. The molecule has 2 aromatic carbocycles. The summed E-state index contributed by atoms with van der Waals surface area (Å²) < 4.78 is 0. The van der Waals surface area contributed by atoms with Crippen LogP contribution in [0, 0.1) is 34.5 Å². The molecule has 1 saturated heterocycles. The number of imide groups is 1. The maximum Gasteiger partial charge on any atom is 0.238 e. The van der Waals surface area contributed by atoms with Gasteiger partial charge in [-0.1, -0.05) is 36.4 Å². The molecule has 0 N–H and O–H groups in total. The average Bonchev–Trinajstić information content (AvgIpc) is 3.03. The van der Waals surface area contributed by atoms with E-state index in [-0.39, 0.29) is 29.7 Å². The minimum absolute atomic E-state index is 0.0103. The van der Waals surface area contributed by atoms with E-state index in [0.29, 0.717) is 17.0 Å². The Bertz CT molecular complexity index is 1060. The number of nitriles is 2. The second-order valence-corrected chi connectivity index (χ2v) is 7.70. The van der Waals surface area contributed by atoms with Gasteiger partial charge in [0.25, 0.3) is 0 Å². The zero-order valence-corrected chi connectivity index (χ0v) is 15.6. The van der Waals surface area contributed by atoms with Crippen LogP contribution >= 0.6 is 11.8 Å². The van der Waals surface area contributed by atoms with E-state index in [0.717, 1.165) is 10.5 Å². The monoisotopic (exact) mass is 385 g/mol. The number of amides is 2. The quantitative estimate of drug-likeness (QED) is 0.580. The normalized spacial score (nSPS) is 21.1. The van der Waals surface area contributed by atoms with E-state index in [1.54, 1.807) is 36.0 Å². The summed E-state index contributed by atoms with van der Waals surface area (Å²) in [6, 6.07) is 20.4. The van der Waals surface area contributed by atoms with Crippen molar-refractivity contribution in [2.75, 3.05) is 10.7 Å². The van der Waals surface area contributed by atoms with Gasteiger partial charge in [-0.3, -0.25) is 14.5 Å². The number of nitrogens with zero attached hydrogens (tertiary/aromatic N) is 3. The van der Waals surface area contributed by atoms with E-state index in [2.05, 4.69) is 0 Å². The van der Waals surface area contributed by atoms with Gasteiger partial charge in [-0.25, -0.2) is 0 Å². The van der Waals surface area contributed by atoms with E-state index in [1.165, 1.54) is 4.90 Å². The Balaban J connectivity index is 1.78. The Kier molecular flexibility index (Phi) is 4.73. The Labute approximate surface area is 166 Å². The molecule has 5 nitrogen and oxygen atoms in total. The molecule has 0 unspecified atom stereocenters. The zero-order valence-electron chi connectivity index (χ0n) is 14.8. The van der Waals surface area contributed by atoms with Crippen molar-refractivity contribution in [1.82, 2.24) is 0 Å². The van der Waals surface area contributed by atoms with Crippen LogP contribution in [0.1, 0.15) is 12.0 Å². The van der Waals surface area contributed by atoms with Crippen LogP contribution in [-0.2, 0) is 9.59 Å². The van der Waals surface area contributed by atoms with Gasteiger partial charge in [0.1, 0.15) is 17.7 Å². The largest absolute Gasteiger partial charge is 0.274 e. The Hall–Kier alpha value is -3.35. The standard InChI is InChI=1S/C22H15N3O2S/c23-11-14(12-24)21-16-8-4-5-9-19(16)28-13-18(21)17-10-20(26)25(22(17)27)15-6-2-1-3-7-15/h1-9,17-18H,10,13H2/t17-,18+/m1/s1. The SMILES string of the molecule is N#CC(C#N)=C1c2ccccc2SC[C@H]1[C@H]1CC(=O)N(c2ccccc2)C1=O. The molecule has 28 heavy (non-hydrogen) atoms. The highest BCUT2D eigenvalue weighted by Crippen LogP contribution is 2.47. The lowest BCUT2D eigenvalue weighted by atomic mass is 9.80. The zero-order chi connectivity index (χ0) is 19.7. The topological polar surface area (TPSA) is 85.0 Å². The van der Waals surface area contributed by atoms with Crippen molar-refractivity contribution in [3.63, 3.8) is 0 Å². The number of benzene rings is 2. The average molecular weight is 385 g/mol. The molecule has 2 aliphatic heterocycles. The van der Waals surface area contributed by atoms with Crippen LogP contribution in [0.2, 0.25) is 0 Å². The Morgan fingerprint density at radius 2 is 1.64 bits per heavy atom. The number of allylic oxidation sites excluding steroid dienone is 2. The number of para-hydroxylation sites is 1. The minimum Gasteiger partial charge on any atom is -0.274 e. The van der Waals surface area contributed by atoms with Crippen molar-refractivity contribution < 1.29 is 9.59 Å². The summed E-state index contributed by atoms with van der Waals surface area (Å²) in [5.74, 6) is -0.917. The number of thioether (sulfide) groups is 1. The lowest BCUT2D eigenvalue weighted by Crippen LogP contribution is -2.33. The highest BCUT2D eigenvalue weighted by molar-refractivity contribution is 7.99. The first-order chi connectivity index (χ1) is 13.7. The minimum atomic E-state index is -0.583. The first kappa shape index (κ1) is 18.0. The molecule has 0 aromatic heterocycles. The van der Waals surface area contributed by atoms with Crippen LogP contribution in [-0.4, -0.2) is 17.6 Å². The van der Waals surface area contributed by atoms with Crippen LogP contribution in [0.3, 0.4) is 0 Å². The van der Waals surface area contributed by atoms with Crippen molar-refractivity contribution in [3.8, 4) is 12.1 Å². The van der Waals surface area contributed by atoms with Crippen LogP contribution in [0.5, 0.6) is 0 Å². The molecule has 0 radical (unpaired) electrons. The van der Waals surface area contributed by atoms with Crippen LogP contribution in [0.25, 0.3) is 5.57 Å². The second kappa shape index (κ2) is 7.34. The molecule has 0 spiro atoms. The molecule has 2 heterocycles. The molecular formula is C22H15N3O2S. The summed E-state index contributed by atoms with van der Waals surface area (Å²) in [7, 11) is 0. The number of anilines is 1. The van der Waals surface area contributed by atoms with Gasteiger partial charge in [0, 0.05) is 23.0 Å². The highest BCUT2D eigenvalue weighted by Gasteiger charge is 2.46. The van der Waals surface area contributed by atoms with Gasteiger partial charge in [0.05, 0.1) is 11.6 Å². The number of hydrogen-bond acceptors (Lipinski definition) is 5. The van der Waals surface area contributed by atoms with Gasteiger partial charge in [0.2, 0.25) is 11.8 Å². The number of rotatable bonds is 2. The molecule has 2 aliphatic rings. The van der Waals surface area contributed by atoms with Crippen molar-refractivity contribution in [1.29, 1.82) is 10.5 Å². The Morgan fingerprint density at radius 3 is 2.36 bits per heavy atom. The fraction of sp³-hybridized carbons (Fsp3) is 0.182. The summed E-state index contributed by atoms with van der Waals surface area (Å²) in [6.07, 6.45) is 0.0781. The maximum atomic E-state index is 13.2. The van der Waals surface area contributed by atoms with Crippen LogP contribution < -0.4 is 4.90 Å². The van der Waals surface area contributed by atoms with E-state index in [1.807, 2.05) is 42.5 Å². The predicted molar refractivity (Wildman–Crippen MR) is 106 cm³/mol. The maximum absolute atomic E-state index is 13.2. The van der Waals surface area contributed by atoms with Gasteiger partial charge < -0.3 is 0 Å². The molecule has 6 heteroatoms. The fourth-order valence-electron chi connectivity index (χ4n) is 3.88. The fourth-order valence-corrected chi connectivity index (χ4v) is 5.14. The van der Waals surface area contributed by atoms with Crippen molar-refractivity contribution in [2.24, 2.45) is 11.8 Å². The molecule has 4 rings (SSSR count). The predicted octanol–water partition coefficient (Wildman–Crippen LogP) is 3.79. The third-order valence-corrected chi connectivity index (χ3v) is 6.33. The summed E-state index contributed by atoms with van der Waals surface area (Å²) in [4.78, 5) is 28.0. The summed E-state index contributed by atoms with van der Waals surface area (Å²) in [5.41, 5.74) is 1.95. The highest BCUT2D eigenvalue weighted by atomic mass is 32.2. The second-order valence-electron chi connectivity index (χ2n) is 6.64. The number of carbonyl (C=O) groups is 2. The summed E-state index contributed by atoms with van der Waals surface area (Å²) in [6.45, 7) is 0. The Morgan fingerprint density at radius 1 is 0.964 bits per heavy atom. The molecule has 2 atom stereocenters. The smallest absolute Gasteiger partial charge is 0.238 e. The van der Waals surface area contributed by atoms with Gasteiger partial charge >= 0.3 is 0 Å².